The molecule has 1 atom stereocenters. The van der Waals surface area contributed by atoms with Gasteiger partial charge in [-0.25, -0.2) is 0 Å². The van der Waals surface area contributed by atoms with E-state index in [0.29, 0.717) is 0 Å². The van der Waals surface area contributed by atoms with Gasteiger partial charge in [0.05, 0.1) is 5.52 Å². The predicted molar refractivity (Wildman–Crippen MR) is 108 cm³/mol. The summed E-state index contributed by atoms with van der Waals surface area (Å²) in [5.41, 5.74) is 3.68. The fraction of sp³-hybridized carbons (Fsp3) is 0.333. The van der Waals surface area contributed by atoms with Crippen LogP contribution in [0, 0.1) is 5.92 Å². The molecule has 5 heteroatoms. The van der Waals surface area contributed by atoms with Gasteiger partial charge in [-0.3, -0.25) is 14.9 Å². The number of halogens is 1. The number of nitrogens with zero attached hydrogens (tertiary/aromatic N) is 3. The minimum Gasteiger partial charge on any atom is -0.316 e. The first-order valence-electron chi connectivity index (χ1n) is 9.02. The molecule has 0 amide bonds. The Morgan fingerprint density at radius 1 is 1.04 bits per heavy atom. The number of pyridine rings is 2. The third-order valence-electron chi connectivity index (χ3n) is 4.88. The van der Waals surface area contributed by atoms with Crippen LogP contribution < -0.4 is 5.32 Å². The zero-order chi connectivity index (χ0) is 16.9. The highest BCUT2D eigenvalue weighted by Crippen LogP contribution is 2.18. The van der Waals surface area contributed by atoms with E-state index in [1.165, 1.54) is 22.9 Å². The Morgan fingerprint density at radius 2 is 1.92 bits per heavy atom. The van der Waals surface area contributed by atoms with Gasteiger partial charge in [-0.05, 0) is 60.8 Å². The van der Waals surface area contributed by atoms with Crippen LogP contribution in [0.15, 0.2) is 61.1 Å². The van der Waals surface area contributed by atoms with Gasteiger partial charge in [0.25, 0.3) is 0 Å². The molecule has 1 aliphatic rings. The lowest BCUT2D eigenvalue weighted by molar-refractivity contribution is 0.220. The molecule has 0 aliphatic carbocycles. The Labute approximate surface area is 161 Å². The highest BCUT2D eigenvalue weighted by atomic mass is 35.5. The predicted octanol–water partition coefficient (Wildman–Crippen LogP) is 3.66. The average molecular weight is 369 g/mol. The van der Waals surface area contributed by atoms with Gasteiger partial charge in [0.1, 0.15) is 0 Å². The Morgan fingerprint density at radius 3 is 2.73 bits per heavy atom. The van der Waals surface area contributed by atoms with Gasteiger partial charge in [-0.2, -0.15) is 0 Å². The van der Waals surface area contributed by atoms with E-state index in [-0.39, 0.29) is 12.4 Å². The first kappa shape index (κ1) is 18.8. The third-order valence-corrected chi connectivity index (χ3v) is 4.88. The van der Waals surface area contributed by atoms with Gasteiger partial charge in [0.15, 0.2) is 0 Å². The van der Waals surface area contributed by atoms with Gasteiger partial charge >= 0.3 is 0 Å². The number of aromatic nitrogens is 2. The molecule has 4 nitrogen and oxygen atoms in total. The molecule has 3 aromatic rings. The molecule has 2 aromatic heterocycles. The van der Waals surface area contributed by atoms with E-state index >= 15 is 0 Å². The number of nitrogens with one attached hydrogen (secondary N) is 1. The maximum atomic E-state index is 4.42. The van der Waals surface area contributed by atoms with Crippen molar-refractivity contribution in [3.8, 4) is 0 Å². The van der Waals surface area contributed by atoms with Crippen molar-refractivity contribution in [1.29, 1.82) is 0 Å². The summed E-state index contributed by atoms with van der Waals surface area (Å²) >= 11 is 0. The van der Waals surface area contributed by atoms with Gasteiger partial charge < -0.3 is 5.32 Å². The molecule has 1 saturated heterocycles. The molecule has 0 spiro atoms. The molecule has 26 heavy (non-hydrogen) atoms. The van der Waals surface area contributed by atoms with Crippen LogP contribution in [0.4, 0.5) is 0 Å². The van der Waals surface area contributed by atoms with Crippen molar-refractivity contribution in [1.82, 2.24) is 20.2 Å². The lowest BCUT2D eigenvalue weighted by atomic mass is 10.1. The van der Waals surface area contributed by atoms with Crippen molar-refractivity contribution >= 4 is 23.3 Å². The maximum Gasteiger partial charge on any atom is 0.0702 e. The summed E-state index contributed by atoms with van der Waals surface area (Å²) in [5, 5.41) is 4.69. The highest BCUT2D eigenvalue weighted by Gasteiger charge is 2.19. The monoisotopic (exact) mass is 368 g/mol. The summed E-state index contributed by atoms with van der Waals surface area (Å²) < 4.78 is 0. The van der Waals surface area contributed by atoms with Crippen LogP contribution in [-0.4, -0.2) is 34.5 Å². The van der Waals surface area contributed by atoms with Crippen molar-refractivity contribution in [3.05, 3.63) is 72.2 Å². The normalized spacial score (nSPS) is 16.7. The van der Waals surface area contributed by atoms with Gasteiger partial charge in [-0.15, -0.1) is 12.4 Å². The summed E-state index contributed by atoms with van der Waals surface area (Å²) in [4.78, 5) is 11.2. The summed E-state index contributed by atoms with van der Waals surface area (Å²) in [7, 11) is 0. The Balaban J connectivity index is 0.00000196. The zero-order valence-electron chi connectivity index (χ0n) is 14.8. The minimum absolute atomic E-state index is 0. The van der Waals surface area contributed by atoms with Crippen LogP contribution in [0.3, 0.4) is 0 Å². The SMILES string of the molecule is Cl.c1cncc(CN(Cc2ccc3ncccc3c2)CC2CCNC2)c1. The van der Waals surface area contributed by atoms with E-state index in [4.69, 9.17) is 0 Å². The van der Waals surface area contributed by atoms with Crippen LogP contribution in [0.2, 0.25) is 0 Å². The van der Waals surface area contributed by atoms with Crippen molar-refractivity contribution in [2.24, 2.45) is 5.92 Å². The van der Waals surface area contributed by atoms with Crippen molar-refractivity contribution in [2.75, 3.05) is 19.6 Å². The number of hydrogen-bond acceptors (Lipinski definition) is 4. The fourth-order valence-electron chi connectivity index (χ4n) is 3.65. The molecule has 0 bridgehead atoms. The third kappa shape index (κ3) is 4.79. The summed E-state index contributed by atoms with van der Waals surface area (Å²) in [6.07, 6.45) is 6.93. The summed E-state index contributed by atoms with van der Waals surface area (Å²) in [5.74, 6) is 0.735. The first-order valence-corrected chi connectivity index (χ1v) is 9.02. The fourth-order valence-corrected chi connectivity index (χ4v) is 3.65. The Kier molecular flexibility index (Phi) is 6.56. The topological polar surface area (TPSA) is 41.1 Å². The van der Waals surface area contributed by atoms with E-state index in [2.05, 4.69) is 50.5 Å². The molecule has 0 radical (unpaired) electrons. The lowest BCUT2D eigenvalue weighted by Crippen LogP contribution is -2.30. The maximum absolute atomic E-state index is 4.42. The minimum atomic E-state index is 0. The van der Waals surface area contributed by atoms with Crippen LogP contribution in [-0.2, 0) is 13.1 Å². The van der Waals surface area contributed by atoms with Gasteiger partial charge in [-0.1, -0.05) is 18.2 Å². The molecular formula is C21H25ClN4. The lowest BCUT2D eigenvalue weighted by Gasteiger charge is -2.25. The second kappa shape index (κ2) is 9.08. The van der Waals surface area contributed by atoms with E-state index in [9.17, 15) is 0 Å². The smallest absolute Gasteiger partial charge is 0.0702 e. The van der Waals surface area contributed by atoms with Crippen LogP contribution in [0.5, 0.6) is 0 Å². The number of rotatable bonds is 6. The van der Waals surface area contributed by atoms with E-state index in [0.717, 1.165) is 44.2 Å². The highest BCUT2D eigenvalue weighted by molar-refractivity contribution is 5.85. The van der Waals surface area contributed by atoms with Crippen LogP contribution in [0.25, 0.3) is 10.9 Å². The second-order valence-corrected chi connectivity index (χ2v) is 6.92. The van der Waals surface area contributed by atoms with Crippen molar-refractivity contribution in [2.45, 2.75) is 19.5 Å². The Hall–Kier alpha value is -2.01. The second-order valence-electron chi connectivity index (χ2n) is 6.92. The number of fused-ring (bicyclic) bond motifs is 1. The molecule has 0 saturated carbocycles. The molecule has 3 heterocycles. The zero-order valence-corrected chi connectivity index (χ0v) is 15.7. The van der Waals surface area contributed by atoms with E-state index in [1.807, 2.05) is 30.7 Å². The van der Waals surface area contributed by atoms with Gasteiger partial charge in [0.2, 0.25) is 0 Å². The Bertz CT molecular complexity index is 818. The molecule has 1 N–H and O–H groups in total. The molecule has 1 fully saturated rings. The summed E-state index contributed by atoms with van der Waals surface area (Å²) in [6.45, 7) is 5.29. The molecule has 136 valence electrons. The van der Waals surface area contributed by atoms with E-state index < -0.39 is 0 Å². The quantitative estimate of drug-likeness (QED) is 0.720. The van der Waals surface area contributed by atoms with Crippen molar-refractivity contribution < 1.29 is 0 Å². The number of hydrogen-bond donors (Lipinski definition) is 1. The molecule has 1 unspecified atom stereocenters. The largest absolute Gasteiger partial charge is 0.316 e. The molecule has 1 aliphatic heterocycles. The van der Waals surface area contributed by atoms with E-state index in [1.54, 1.807) is 0 Å². The standard InChI is InChI=1S/C21H24N4.ClH/c1-3-18(12-22-8-1)15-25(16-19-7-10-23-13-19)14-17-5-6-21-20(11-17)4-2-9-24-21;/h1-6,8-9,11-12,19,23H,7,10,13-16H2;1H. The molecule has 1 aromatic carbocycles. The molecule has 4 rings (SSSR count). The summed E-state index contributed by atoms with van der Waals surface area (Å²) in [6, 6.07) is 14.9. The van der Waals surface area contributed by atoms with Crippen molar-refractivity contribution in [3.63, 3.8) is 0 Å². The van der Waals surface area contributed by atoms with Crippen LogP contribution >= 0.6 is 12.4 Å². The van der Waals surface area contributed by atoms with Gasteiger partial charge in [0, 0.05) is 43.6 Å². The first-order chi connectivity index (χ1) is 12.4. The molecular weight excluding hydrogens is 344 g/mol. The van der Waals surface area contributed by atoms with Crippen LogP contribution in [0.1, 0.15) is 17.5 Å². The average Bonchev–Trinajstić information content (AvgIpc) is 3.15. The number of benzene rings is 1.